The van der Waals surface area contributed by atoms with Crippen LogP contribution in [0.1, 0.15) is 45.1 Å². The summed E-state index contributed by atoms with van der Waals surface area (Å²) < 4.78 is 0. The van der Waals surface area contributed by atoms with Gasteiger partial charge < -0.3 is 10.0 Å². The van der Waals surface area contributed by atoms with Crippen molar-refractivity contribution in [2.24, 2.45) is 5.41 Å². The molecule has 0 aromatic heterocycles. The first-order chi connectivity index (χ1) is 11.6. The molecule has 4 nitrogen and oxygen atoms in total. The minimum Gasteiger partial charge on any atom is -0.396 e. The van der Waals surface area contributed by atoms with Gasteiger partial charge in [-0.2, -0.15) is 0 Å². The van der Waals surface area contributed by atoms with Gasteiger partial charge in [0, 0.05) is 18.8 Å². The van der Waals surface area contributed by atoms with Crippen LogP contribution in [0.15, 0.2) is 24.3 Å². The largest absolute Gasteiger partial charge is 0.396 e. The average Bonchev–Trinajstić information content (AvgIpc) is 2.66. The Bertz CT molecular complexity index is 573. The number of aliphatic hydroxyl groups excluding tert-OH is 1. The summed E-state index contributed by atoms with van der Waals surface area (Å²) in [6.45, 7) is 7.08. The van der Waals surface area contributed by atoms with Crippen LogP contribution in [-0.4, -0.2) is 48.2 Å². The van der Waals surface area contributed by atoms with Crippen LogP contribution in [0.3, 0.4) is 0 Å². The SMILES string of the molecule is CCC1(CO)CCN(C(C)C(=O)N2CCCc3ccccc32)CC1. The van der Waals surface area contributed by atoms with Gasteiger partial charge in [0.15, 0.2) is 0 Å². The molecule has 0 radical (unpaired) electrons. The van der Waals surface area contributed by atoms with Crippen LogP contribution in [0.2, 0.25) is 0 Å². The predicted octanol–water partition coefficient (Wildman–Crippen LogP) is 2.84. The maximum Gasteiger partial charge on any atom is 0.244 e. The van der Waals surface area contributed by atoms with Gasteiger partial charge in [0.05, 0.1) is 6.04 Å². The fraction of sp³-hybridized carbons (Fsp3) is 0.650. The lowest BCUT2D eigenvalue weighted by Gasteiger charge is -2.43. The number of para-hydroxylation sites is 1. The van der Waals surface area contributed by atoms with E-state index in [1.165, 1.54) is 5.56 Å². The summed E-state index contributed by atoms with van der Waals surface area (Å²) >= 11 is 0. The zero-order valence-electron chi connectivity index (χ0n) is 15.0. The number of carbonyl (C=O) groups excluding carboxylic acids is 1. The summed E-state index contributed by atoms with van der Waals surface area (Å²) in [5.74, 6) is 0.218. The van der Waals surface area contributed by atoms with Gasteiger partial charge in [0.1, 0.15) is 0 Å². The number of carbonyl (C=O) groups is 1. The van der Waals surface area contributed by atoms with Crippen LogP contribution in [-0.2, 0) is 11.2 Å². The molecule has 0 aliphatic carbocycles. The van der Waals surface area contributed by atoms with Crippen molar-refractivity contribution in [2.45, 2.75) is 52.0 Å². The topological polar surface area (TPSA) is 43.8 Å². The number of rotatable bonds is 4. The number of likely N-dealkylation sites (tertiary alicyclic amines) is 1. The fourth-order valence-corrected chi connectivity index (χ4v) is 4.15. The Hall–Kier alpha value is -1.39. The molecule has 1 saturated heterocycles. The maximum absolute atomic E-state index is 13.1. The van der Waals surface area contributed by atoms with Crippen molar-refractivity contribution in [3.63, 3.8) is 0 Å². The molecular weight excluding hydrogens is 300 g/mol. The van der Waals surface area contributed by atoms with Gasteiger partial charge in [-0.15, -0.1) is 0 Å². The molecule has 1 fully saturated rings. The van der Waals surface area contributed by atoms with Crippen molar-refractivity contribution in [1.82, 2.24) is 4.90 Å². The van der Waals surface area contributed by atoms with Gasteiger partial charge >= 0.3 is 0 Å². The van der Waals surface area contributed by atoms with E-state index in [4.69, 9.17) is 0 Å². The van der Waals surface area contributed by atoms with E-state index in [2.05, 4.69) is 30.0 Å². The second-order valence-electron chi connectivity index (χ2n) is 7.45. The second kappa shape index (κ2) is 7.24. The van der Waals surface area contributed by atoms with Crippen molar-refractivity contribution >= 4 is 11.6 Å². The molecule has 1 N–H and O–H groups in total. The number of hydrogen-bond donors (Lipinski definition) is 1. The summed E-state index contributed by atoms with van der Waals surface area (Å²) in [5.41, 5.74) is 2.45. The van der Waals surface area contributed by atoms with E-state index in [9.17, 15) is 9.90 Å². The van der Waals surface area contributed by atoms with Crippen molar-refractivity contribution in [1.29, 1.82) is 0 Å². The molecule has 2 heterocycles. The van der Waals surface area contributed by atoms with Crippen LogP contribution < -0.4 is 4.90 Å². The normalized spacial score (nSPS) is 22.0. The second-order valence-corrected chi connectivity index (χ2v) is 7.45. The molecule has 1 amide bonds. The highest BCUT2D eigenvalue weighted by Gasteiger charge is 2.36. The summed E-state index contributed by atoms with van der Waals surface area (Å²) in [6.07, 6.45) is 5.08. The van der Waals surface area contributed by atoms with Crippen LogP contribution in [0.5, 0.6) is 0 Å². The number of benzene rings is 1. The van der Waals surface area contributed by atoms with Crippen molar-refractivity contribution in [3.8, 4) is 0 Å². The van der Waals surface area contributed by atoms with Crippen LogP contribution >= 0.6 is 0 Å². The number of fused-ring (bicyclic) bond motifs is 1. The minimum absolute atomic E-state index is 0.0665. The van der Waals surface area contributed by atoms with Gasteiger partial charge in [0.2, 0.25) is 5.91 Å². The number of aliphatic hydroxyl groups is 1. The van der Waals surface area contributed by atoms with E-state index in [0.29, 0.717) is 0 Å². The molecule has 2 aliphatic rings. The molecule has 2 aliphatic heterocycles. The summed E-state index contributed by atoms with van der Waals surface area (Å²) in [6, 6.07) is 8.19. The maximum atomic E-state index is 13.1. The van der Waals surface area contributed by atoms with Crippen molar-refractivity contribution in [3.05, 3.63) is 29.8 Å². The summed E-state index contributed by atoms with van der Waals surface area (Å²) in [4.78, 5) is 17.4. The molecule has 132 valence electrons. The van der Waals surface area contributed by atoms with Gasteiger partial charge in [-0.25, -0.2) is 0 Å². The standard InChI is InChI=1S/C20H30N2O2/c1-3-20(15-23)10-13-21(14-11-20)16(2)19(24)22-12-6-8-17-7-4-5-9-18(17)22/h4-5,7,9,16,23H,3,6,8,10-15H2,1-2H3. The zero-order valence-corrected chi connectivity index (χ0v) is 15.0. The third kappa shape index (κ3) is 3.22. The summed E-state index contributed by atoms with van der Waals surface area (Å²) in [5, 5.41) is 9.69. The zero-order chi connectivity index (χ0) is 17.2. The number of piperidine rings is 1. The Morgan fingerprint density at radius 1 is 1.25 bits per heavy atom. The Kier molecular flexibility index (Phi) is 5.26. The Balaban J connectivity index is 1.68. The number of anilines is 1. The highest BCUT2D eigenvalue weighted by atomic mass is 16.3. The first kappa shape index (κ1) is 17.4. The molecule has 4 heteroatoms. The van der Waals surface area contributed by atoms with E-state index in [1.54, 1.807) is 0 Å². The smallest absolute Gasteiger partial charge is 0.244 e. The molecule has 0 spiro atoms. The van der Waals surface area contributed by atoms with E-state index in [0.717, 1.165) is 57.4 Å². The first-order valence-corrected chi connectivity index (χ1v) is 9.34. The van der Waals surface area contributed by atoms with Gasteiger partial charge in [-0.3, -0.25) is 9.69 Å². The Labute approximate surface area is 145 Å². The lowest BCUT2D eigenvalue weighted by atomic mass is 9.76. The van der Waals surface area contributed by atoms with Crippen LogP contribution in [0, 0.1) is 5.41 Å². The lowest BCUT2D eigenvalue weighted by Crippen LogP contribution is -2.52. The van der Waals surface area contributed by atoms with Crippen LogP contribution in [0.25, 0.3) is 0 Å². The van der Waals surface area contributed by atoms with Crippen LogP contribution in [0.4, 0.5) is 5.69 Å². The van der Waals surface area contributed by atoms with E-state index in [-0.39, 0.29) is 24.0 Å². The molecule has 0 bridgehead atoms. The molecule has 0 saturated carbocycles. The monoisotopic (exact) mass is 330 g/mol. The molecular formula is C20H30N2O2. The highest BCUT2D eigenvalue weighted by Crippen LogP contribution is 2.35. The van der Waals surface area contributed by atoms with Crippen molar-refractivity contribution in [2.75, 3.05) is 31.1 Å². The quantitative estimate of drug-likeness (QED) is 0.923. The lowest BCUT2D eigenvalue weighted by molar-refractivity contribution is -0.124. The van der Waals surface area contributed by atoms with E-state index >= 15 is 0 Å². The molecule has 1 aromatic rings. The van der Waals surface area contributed by atoms with E-state index in [1.807, 2.05) is 17.9 Å². The van der Waals surface area contributed by atoms with Gasteiger partial charge in [0.25, 0.3) is 0 Å². The Morgan fingerprint density at radius 3 is 2.62 bits per heavy atom. The number of hydrogen-bond acceptors (Lipinski definition) is 3. The minimum atomic E-state index is -0.0929. The predicted molar refractivity (Wildman–Crippen MR) is 97.2 cm³/mol. The molecule has 3 rings (SSSR count). The molecule has 1 atom stereocenters. The Morgan fingerprint density at radius 2 is 1.96 bits per heavy atom. The third-order valence-corrected chi connectivity index (χ3v) is 6.23. The number of aryl methyl sites for hydroxylation is 1. The summed E-state index contributed by atoms with van der Waals surface area (Å²) in [7, 11) is 0. The first-order valence-electron chi connectivity index (χ1n) is 9.34. The average molecular weight is 330 g/mol. The molecule has 1 unspecified atom stereocenters. The van der Waals surface area contributed by atoms with Gasteiger partial charge in [-0.1, -0.05) is 25.1 Å². The molecule has 1 aromatic carbocycles. The molecule has 24 heavy (non-hydrogen) atoms. The fourth-order valence-electron chi connectivity index (χ4n) is 4.15. The van der Waals surface area contributed by atoms with Gasteiger partial charge in [-0.05, 0) is 69.2 Å². The number of nitrogens with zero attached hydrogens (tertiary/aromatic N) is 2. The number of amides is 1. The van der Waals surface area contributed by atoms with E-state index < -0.39 is 0 Å². The highest BCUT2D eigenvalue weighted by molar-refractivity contribution is 5.98. The third-order valence-electron chi connectivity index (χ3n) is 6.23. The van der Waals surface area contributed by atoms with Crippen molar-refractivity contribution < 1.29 is 9.90 Å².